The van der Waals surface area contributed by atoms with Crippen LogP contribution in [0, 0.1) is 0 Å². The van der Waals surface area contributed by atoms with Crippen molar-refractivity contribution in [1.82, 2.24) is 5.43 Å². The molecular formula is C26H21ClN2O3. The van der Waals surface area contributed by atoms with E-state index in [1.165, 1.54) is 0 Å². The van der Waals surface area contributed by atoms with Crippen LogP contribution in [0.1, 0.15) is 11.1 Å². The molecule has 0 fully saturated rings. The van der Waals surface area contributed by atoms with Crippen molar-refractivity contribution in [3.63, 3.8) is 0 Å². The molecule has 0 spiro atoms. The maximum atomic E-state index is 12.1. The van der Waals surface area contributed by atoms with Crippen molar-refractivity contribution >= 4 is 34.5 Å². The van der Waals surface area contributed by atoms with E-state index >= 15 is 0 Å². The first-order chi connectivity index (χ1) is 15.7. The molecule has 0 radical (unpaired) electrons. The zero-order chi connectivity index (χ0) is 22.2. The van der Waals surface area contributed by atoms with Gasteiger partial charge in [-0.3, -0.25) is 4.79 Å². The van der Waals surface area contributed by atoms with Crippen molar-refractivity contribution in [2.75, 3.05) is 6.61 Å². The number of benzene rings is 4. The van der Waals surface area contributed by atoms with Gasteiger partial charge in [-0.1, -0.05) is 60.1 Å². The van der Waals surface area contributed by atoms with Crippen LogP contribution in [0.5, 0.6) is 11.5 Å². The van der Waals surface area contributed by atoms with Crippen LogP contribution < -0.4 is 14.9 Å². The average Bonchev–Trinajstić information content (AvgIpc) is 2.83. The smallest absolute Gasteiger partial charge is 0.277 e. The lowest BCUT2D eigenvalue weighted by molar-refractivity contribution is -0.123. The van der Waals surface area contributed by atoms with E-state index in [0.717, 1.165) is 27.6 Å². The standard InChI is InChI=1S/C26H21ClN2O3/c27-22-12-8-20(9-13-22)17-31-23-14-10-19(11-15-23)16-28-29-26(30)18-32-25-7-3-5-21-4-1-2-6-24(21)25/h1-16H,17-18H2,(H,29,30). The number of nitrogens with one attached hydrogen (secondary N) is 1. The van der Waals surface area contributed by atoms with E-state index in [4.69, 9.17) is 21.1 Å². The van der Waals surface area contributed by atoms with E-state index in [0.29, 0.717) is 17.4 Å². The van der Waals surface area contributed by atoms with Crippen LogP contribution in [-0.4, -0.2) is 18.7 Å². The third kappa shape index (κ3) is 5.86. The SMILES string of the molecule is O=C(COc1cccc2ccccc12)NN=Cc1ccc(OCc2ccc(Cl)cc2)cc1. The normalized spacial score (nSPS) is 10.9. The zero-order valence-corrected chi connectivity index (χ0v) is 18.0. The van der Waals surface area contributed by atoms with Crippen LogP contribution in [0.4, 0.5) is 0 Å². The first-order valence-electron chi connectivity index (χ1n) is 10.1. The Morgan fingerprint density at radius 3 is 2.44 bits per heavy atom. The number of amides is 1. The molecular weight excluding hydrogens is 424 g/mol. The summed E-state index contributed by atoms with van der Waals surface area (Å²) in [7, 11) is 0. The Balaban J connectivity index is 1.24. The van der Waals surface area contributed by atoms with Crippen LogP contribution in [0.2, 0.25) is 5.02 Å². The number of nitrogens with zero attached hydrogens (tertiary/aromatic N) is 1. The molecule has 0 aliphatic heterocycles. The number of carbonyl (C=O) groups excluding carboxylic acids is 1. The molecule has 0 atom stereocenters. The molecule has 0 bridgehead atoms. The van der Waals surface area contributed by atoms with Gasteiger partial charge in [-0.15, -0.1) is 0 Å². The lowest BCUT2D eigenvalue weighted by atomic mass is 10.1. The Kier molecular flexibility index (Phi) is 7.00. The van der Waals surface area contributed by atoms with Crippen molar-refractivity contribution in [2.45, 2.75) is 6.61 Å². The fourth-order valence-corrected chi connectivity index (χ4v) is 3.20. The van der Waals surface area contributed by atoms with E-state index in [1.54, 1.807) is 6.21 Å². The van der Waals surface area contributed by atoms with Gasteiger partial charge in [0.2, 0.25) is 0 Å². The summed E-state index contributed by atoms with van der Waals surface area (Å²) < 4.78 is 11.4. The van der Waals surface area contributed by atoms with Crippen molar-refractivity contribution < 1.29 is 14.3 Å². The third-order valence-corrected chi connectivity index (χ3v) is 4.96. The molecule has 0 aromatic heterocycles. The molecule has 0 aliphatic rings. The number of hydrogen-bond acceptors (Lipinski definition) is 4. The monoisotopic (exact) mass is 444 g/mol. The minimum atomic E-state index is -0.336. The second kappa shape index (κ2) is 10.5. The molecule has 0 saturated carbocycles. The molecule has 0 saturated heterocycles. The fourth-order valence-electron chi connectivity index (χ4n) is 3.07. The van der Waals surface area contributed by atoms with Crippen LogP contribution in [0.25, 0.3) is 10.8 Å². The first kappa shape index (κ1) is 21.4. The van der Waals surface area contributed by atoms with Crippen LogP contribution in [0.3, 0.4) is 0 Å². The quantitative estimate of drug-likeness (QED) is 0.284. The Morgan fingerprint density at radius 2 is 1.62 bits per heavy atom. The number of halogens is 1. The van der Waals surface area contributed by atoms with Gasteiger partial charge in [-0.05, 0) is 59.0 Å². The zero-order valence-electron chi connectivity index (χ0n) is 17.2. The second-order valence-corrected chi connectivity index (χ2v) is 7.48. The highest BCUT2D eigenvalue weighted by Gasteiger charge is 2.05. The minimum absolute atomic E-state index is 0.122. The Labute approximate surface area is 191 Å². The van der Waals surface area contributed by atoms with Crippen LogP contribution >= 0.6 is 11.6 Å². The number of hydrogen-bond donors (Lipinski definition) is 1. The number of fused-ring (bicyclic) bond motifs is 1. The summed E-state index contributed by atoms with van der Waals surface area (Å²) in [6.07, 6.45) is 1.57. The highest BCUT2D eigenvalue weighted by atomic mass is 35.5. The lowest BCUT2D eigenvalue weighted by Gasteiger charge is -2.08. The maximum absolute atomic E-state index is 12.1. The predicted octanol–water partition coefficient (Wildman–Crippen LogP) is 5.60. The molecule has 4 rings (SSSR count). The summed E-state index contributed by atoms with van der Waals surface area (Å²) in [5.74, 6) is 1.07. The molecule has 6 heteroatoms. The number of hydrazone groups is 1. The van der Waals surface area contributed by atoms with Gasteiger partial charge in [-0.2, -0.15) is 5.10 Å². The molecule has 4 aromatic rings. The molecule has 0 aliphatic carbocycles. The van der Waals surface area contributed by atoms with Crippen molar-refractivity contribution in [1.29, 1.82) is 0 Å². The van der Waals surface area contributed by atoms with Gasteiger partial charge < -0.3 is 9.47 Å². The average molecular weight is 445 g/mol. The van der Waals surface area contributed by atoms with Gasteiger partial charge in [0.15, 0.2) is 6.61 Å². The number of rotatable bonds is 8. The van der Waals surface area contributed by atoms with Gasteiger partial charge in [0.1, 0.15) is 18.1 Å². The highest BCUT2D eigenvalue weighted by Crippen LogP contribution is 2.25. The van der Waals surface area contributed by atoms with Crippen molar-refractivity contribution in [3.05, 3.63) is 107 Å². The van der Waals surface area contributed by atoms with Gasteiger partial charge in [0.05, 0.1) is 6.21 Å². The van der Waals surface area contributed by atoms with E-state index in [9.17, 15) is 4.79 Å². The van der Waals surface area contributed by atoms with Crippen molar-refractivity contribution in [3.8, 4) is 11.5 Å². The van der Waals surface area contributed by atoms with Gasteiger partial charge in [-0.25, -0.2) is 5.43 Å². The molecule has 32 heavy (non-hydrogen) atoms. The molecule has 0 heterocycles. The van der Waals surface area contributed by atoms with E-state index in [1.807, 2.05) is 91.0 Å². The van der Waals surface area contributed by atoms with Crippen molar-refractivity contribution in [2.24, 2.45) is 5.10 Å². The topological polar surface area (TPSA) is 59.9 Å². The first-order valence-corrected chi connectivity index (χ1v) is 10.4. The fraction of sp³-hybridized carbons (Fsp3) is 0.0769. The van der Waals surface area contributed by atoms with E-state index in [-0.39, 0.29) is 12.5 Å². The molecule has 1 amide bonds. The van der Waals surface area contributed by atoms with Crippen LogP contribution in [0.15, 0.2) is 96.1 Å². The summed E-state index contributed by atoms with van der Waals surface area (Å²) in [5, 5.41) is 6.71. The van der Waals surface area contributed by atoms with Crippen LogP contribution in [-0.2, 0) is 11.4 Å². The van der Waals surface area contributed by atoms with E-state index < -0.39 is 0 Å². The summed E-state index contributed by atoms with van der Waals surface area (Å²) >= 11 is 5.89. The summed E-state index contributed by atoms with van der Waals surface area (Å²) in [6, 6.07) is 28.6. The number of carbonyl (C=O) groups is 1. The Hall–Kier alpha value is -3.83. The summed E-state index contributed by atoms with van der Waals surface area (Å²) in [5.41, 5.74) is 4.35. The molecule has 5 nitrogen and oxygen atoms in total. The summed E-state index contributed by atoms with van der Waals surface area (Å²) in [4.78, 5) is 12.1. The third-order valence-electron chi connectivity index (χ3n) is 4.71. The van der Waals surface area contributed by atoms with E-state index in [2.05, 4.69) is 10.5 Å². The molecule has 0 unspecified atom stereocenters. The second-order valence-electron chi connectivity index (χ2n) is 7.04. The maximum Gasteiger partial charge on any atom is 0.277 e. The minimum Gasteiger partial charge on any atom is -0.489 e. The van der Waals surface area contributed by atoms with Gasteiger partial charge in [0.25, 0.3) is 5.91 Å². The van der Waals surface area contributed by atoms with Gasteiger partial charge in [0, 0.05) is 10.4 Å². The largest absolute Gasteiger partial charge is 0.489 e. The molecule has 4 aromatic carbocycles. The Bertz CT molecular complexity index is 1220. The molecule has 1 N–H and O–H groups in total. The predicted molar refractivity (Wildman–Crippen MR) is 127 cm³/mol. The van der Waals surface area contributed by atoms with Gasteiger partial charge >= 0.3 is 0 Å². The lowest BCUT2D eigenvalue weighted by Crippen LogP contribution is -2.24. The molecule has 160 valence electrons. The Morgan fingerprint density at radius 1 is 0.875 bits per heavy atom. The number of ether oxygens (including phenoxy) is 2. The summed E-state index contributed by atoms with van der Waals surface area (Å²) in [6.45, 7) is 0.334. The highest BCUT2D eigenvalue weighted by molar-refractivity contribution is 6.30.